The van der Waals surface area contributed by atoms with Crippen LogP contribution in [-0.2, 0) is 9.53 Å². The second-order valence-electron chi connectivity index (χ2n) is 6.31. The van der Waals surface area contributed by atoms with E-state index in [9.17, 15) is 20.0 Å². The van der Waals surface area contributed by atoms with Gasteiger partial charge in [-0.1, -0.05) is 30.9 Å². The van der Waals surface area contributed by atoms with Crippen molar-refractivity contribution >= 4 is 11.9 Å². The van der Waals surface area contributed by atoms with Crippen LogP contribution in [0.2, 0.25) is 0 Å². The highest BCUT2D eigenvalue weighted by atomic mass is 16.5. The maximum atomic E-state index is 12.3. The van der Waals surface area contributed by atoms with Crippen LogP contribution in [0.15, 0.2) is 18.2 Å². The van der Waals surface area contributed by atoms with E-state index in [2.05, 4.69) is 11.4 Å². The van der Waals surface area contributed by atoms with Crippen LogP contribution in [0.5, 0.6) is 5.75 Å². The van der Waals surface area contributed by atoms with Gasteiger partial charge in [-0.25, -0.2) is 4.79 Å². The molecule has 1 unspecified atom stereocenters. The number of rotatable bonds is 4. The minimum atomic E-state index is -1.05. The van der Waals surface area contributed by atoms with E-state index in [1.54, 1.807) is 13.0 Å². The molecular weight excluding hydrogens is 308 g/mol. The van der Waals surface area contributed by atoms with E-state index in [0.717, 1.165) is 24.8 Å². The standard InChI is InChI=1S/C18H22N2O4/c1-12-6-7-15(21)14(10-12)17(23)24-13(2)16(22)20-18(11-19)8-4-3-5-9-18/h6-7,10,13,21H,3-5,8-9H2,1-2H3,(H,20,22). The number of amides is 1. The van der Waals surface area contributed by atoms with Gasteiger partial charge in [-0.3, -0.25) is 4.79 Å². The third kappa shape index (κ3) is 4.05. The Bertz CT molecular complexity index is 672. The SMILES string of the molecule is Cc1ccc(O)c(C(=O)OC(C)C(=O)NC2(C#N)CCCCC2)c1. The number of benzene rings is 1. The lowest BCUT2D eigenvalue weighted by Crippen LogP contribution is -2.52. The molecule has 128 valence electrons. The molecule has 1 fully saturated rings. The van der Waals surface area contributed by atoms with Crippen LogP contribution in [0.3, 0.4) is 0 Å². The first kappa shape index (κ1) is 17.8. The van der Waals surface area contributed by atoms with E-state index < -0.39 is 23.5 Å². The summed E-state index contributed by atoms with van der Waals surface area (Å²) in [7, 11) is 0. The van der Waals surface area contributed by atoms with Gasteiger partial charge in [0.05, 0.1) is 6.07 Å². The number of hydrogen-bond donors (Lipinski definition) is 2. The van der Waals surface area contributed by atoms with E-state index in [1.165, 1.54) is 19.1 Å². The molecule has 2 N–H and O–H groups in total. The minimum Gasteiger partial charge on any atom is -0.507 e. The van der Waals surface area contributed by atoms with Crippen LogP contribution >= 0.6 is 0 Å². The molecule has 1 atom stereocenters. The molecule has 6 heteroatoms. The van der Waals surface area contributed by atoms with Gasteiger partial charge in [0.1, 0.15) is 16.9 Å². The zero-order valence-electron chi connectivity index (χ0n) is 14.0. The predicted molar refractivity (Wildman–Crippen MR) is 87.3 cm³/mol. The van der Waals surface area contributed by atoms with Gasteiger partial charge in [0, 0.05) is 0 Å². The molecule has 0 bridgehead atoms. The van der Waals surface area contributed by atoms with E-state index >= 15 is 0 Å². The van der Waals surface area contributed by atoms with E-state index in [1.807, 2.05) is 0 Å². The molecule has 1 amide bonds. The number of carbonyl (C=O) groups is 2. The summed E-state index contributed by atoms with van der Waals surface area (Å²) < 4.78 is 5.14. The van der Waals surface area contributed by atoms with Crippen molar-refractivity contribution in [3.8, 4) is 11.8 Å². The summed E-state index contributed by atoms with van der Waals surface area (Å²) in [6.45, 7) is 3.24. The maximum absolute atomic E-state index is 12.3. The molecule has 0 radical (unpaired) electrons. The summed E-state index contributed by atoms with van der Waals surface area (Å²) in [4.78, 5) is 24.4. The average Bonchev–Trinajstić information content (AvgIpc) is 2.57. The molecule has 1 aliphatic rings. The summed E-state index contributed by atoms with van der Waals surface area (Å²) in [5.41, 5.74) is -0.0635. The van der Waals surface area contributed by atoms with Crippen molar-refractivity contribution in [3.63, 3.8) is 0 Å². The van der Waals surface area contributed by atoms with Gasteiger partial charge >= 0.3 is 5.97 Å². The number of aryl methyl sites for hydroxylation is 1. The van der Waals surface area contributed by atoms with Gasteiger partial charge in [0.15, 0.2) is 6.10 Å². The lowest BCUT2D eigenvalue weighted by molar-refractivity contribution is -0.130. The third-order valence-corrected chi connectivity index (χ3v) is 4.31. The van der Waals surface area contributed by atoms with E-state index in [-0.39, 0.29) is 11.3 Å². The quantitative estimate of drug-likeness (QED) is 0.827. The third-order valence-electron chi connectivity index (χ3n) is 4.31. The van der Waals surface area contributed by atoms with E-state index in [0.29, 0.717) is 12.8 Å². The molecule has 1 saturated carbocycles. The number of nitriles is 1. The summed E-state index contributed by atoms with van der Waals surface area (Å²) in [5, 5.41) is 21.9. The molecular formula is C18H22N2O4. The molecule has 1 aromatic carbocycles. The lowest BCUT2D eigenvalue weighted by atomic mass is 9.83. The highest BCUT2D eigenvalue weighted by Gasteiger charge is 2.35. The number of phenols is 1. The van der Waals surface area contributed by atoms with Crippen LogP contribution in [0, 0.1) is 18.3 Å². The normalized spacial score (nSPS) is 17.4. The van der Waals surface area contributed by atoms with Gasteiger partial charge in [-0.05, 0) is 38.8 Å². The molecule has 0 spiro atoms. The lowest BCUT2D eigenvalue weighted by Gasteiger charge is -2.32. The molecule has 1 aromatic rings. The molecule has 0 aliphatic heterocycles. The molecule has 0 heterocycles. The molecule has 0 aromatic heterocycles. The Balaban J connectivity index is 2.02. The van der Waals surface area contributed by atoms with Gasteiger partial charge in [-0.2, -0.15) is 5.26 Å². The molecule has 6 nitrogen and oxygen atoms in total. The summed E-state index contributed by atoms with van der Waals surface area (Å²) in [6.07, 6.45) is 2.99. The number of phenolic OH excluding ortho intramolecular Hbond substituents is 1. The van der Waals surface area contributed by atoms with Crippen LogP contribution < -0.4 is 5.32 Å². The Morgan fingerprint density at radius 1 is 1.33 bits per heavy atom. The summed E-state index contributed by atoms with van der Waals surface area (Å²) >= 11 is 0. The number of nitrogens with zero attached hydrogens (tertiary/aromatic N) is 1. The minimum absolute atomic E-state index is 0.0160. The van der Waals surface area contributed by atoms with Crippen molar-refractivity contribution in [1.29, 1.82) is 5.26 Å². The number of aromatic hydroxyl groups is 1. The van der Waals surface area contributed by atoms with Crippen LogP contribution in [0.4, 0.5) is 0 Å². The maximum Gasteiger partial charge on any atom is 0.342 e. The fourth-order valence-electron chi connectivity index (χ4n) is 2.85. The Hall–Kier alpha value is -2.55. The number of hydrogen-bond acceptors (Lipinski definition) is 5. The van der Waals surface area contributed by atoms with Crippen molar-refractivity contribution in [1.82, 2.24) is 5.32 Å². The Kier molecular flexibility index (Phi) is 5.45. The molecule has 24 heavy (non-hydrogen) atoms. The molecule has 2 rings (SSSR count). The molecule has 0 saturated heterocycles. The largest absolute Gasteiger partial charge is 0.507 e. The van der Waals surface area contributed by atoms with Crippen LogP contribution in [0.25, 0.3) is 0 Å². The summed E-state index contributed by atoms with van der Waals surface area (Å²) in [5.74, 6) is -1.47. The fourth-order valence-corrected chi connectivity index (χ4v) is 2.85. The number of esters is 1. The highest BCUT2D eigenvalue weighted by Crippen LogP contribution is 2.27. The van der Waals surface area contributed by atoms with E-state index in [4.69, 9.17) is 4.74 Å². The van der Waals surface area contributed by atoms with Gasteiger partial charge in [0.25, 0.3) is 5.91 Å². The topological polar surface area (TPSA) is 99.4 Å². The van der Waals surface area contributed by atoms with Crippen molar-refractivity contribution in [2.24, 2.45) is 0 Å². The Labute approximate surface area is 141 Å². The number of nitrogens with one attached hydrogen (secondary N) is 1. The van der Waals surface area contributed by atoms with Crippen molar-refractivity contribution in [3.05, 3.63) is 29.3 Å². The second kappa shape index (κ2) is 7.35. The first-order valence-corrected chi connectivity index (χ1v) is 8.11. The predicted octanol–water partition coefficient (Wildman–Crippen LogP) is 2.59. The van der Waals surface area contributed by atoms with Gasteiger partial charge in [0.2, 0.25) is 0 Å². The van der Waals surface area contributed by atoms with Crippen LogP contribution in [0.1, 0.15) is 54.9 Å². The van der Waals surface area contributed by atoms with Crippen LogP contribution in [-0.4, -0.2) is 28.6 Å². The fraction of sp³-hybridized carbons (Fsp3) is 0.500. The zero-order valence-corrected chi connectivity index (χ0v) is 14.0. The zero-order chi connectivity index (χ0) is 17.7. The van der Waals surface area contributed by atoms with Gasteiger partial charge in [-0.15, -0.1) is 0 Å². The monoisotopic (exact) mass is 330 g/mol. The van der Waals surface area contributed by atoms with Crippen molar-refractivity contribution < 1.29 is 19.4 Å². The summed E-state index contributed by atoms with van der Waals surface area (Å²) in [6, 6.07) is 6.77. The average molecular weight is 330 g/mol. The second-order valence-corrected chi connectivity index (χ2v) is 6.31. The molecule has 1 aliphatic carbocycles. The van der Waals surface area contributed by atoms with Gasteiger partial charge < -0.3 is 15.2 Å². The van der Waals surface area contributed by atoms with Crippen molar-refractivity contribution in [2.45, 2.75) is 57.6 Å². The number of carbonyl (C=O) groups excluding carboxylic acids is 2. The first-order valence-electron chi connectivity index (χ1n) is 8.11. The number of ether oxygens (including phenoxy) is 1. The highest BCUT2D eigenvalue weighted by molar-refractivity contribution is 5.94. The Morgan fingerprint density at radius 2 is 2.00 bits per heavy atom. The smallest absolute Gasteiger partial charge is 0.342 e. The Morgan fingerprint density at radius 3 is 2.62 bits per heavy atom. The van der Waals surface area contributed by atoms with Crippen molar-refractivity contribution in [2.75, 3.05) is 0 Å². The first-order chi connectivity index (χ1) is 11.4.